The molecule has 6 nitrogen and oxygen atoms in total. The standard InChI is InChI=1S/C27H24Cl2N2O4S/c1-3-18-4-6-19(7-5-18)22-9-8-21(36(2,34)35)16-23(22)27(33)31-12-10-30(11-13-31)20-14-25(28)24(17-32)26(29)15-20/h3-9,14-17H,1,10-13H2,2H3. The van der Waals surface area contributed by atoms with E-state index in [9.17, 15) is 18.0 Å². The number of sulfone groups is 1. The Bertz CT molecular complexity index is 1420. The average Bonchev–Trinajstić information content (AvgIpc) is 2.87. The van der Waals surface area contributed by atoms with E-state index in [2.05, 4.69) is 6.58 Å². The number of nitrogens with zero attached hydrogens (tertiary/aromatic N) is 2. The molecule has 1 aliphatic heterocycles. The lowest BCUT2D eigenvalue weighted by Gasteiger charge is -2.36. The summed E-state index contributed by atoms with van der Waals surface area (Å²) >= 11 is 12.4. The average molecular weight is 543 g/mol. The highest BCUT2D eigenvalue weighted by Gasteiger charge is 2.26. The molecule has 0 bridgehead atoms. The molecule has 1 amide bonds. The Labute approximate surface area is 220 Å². The van der Waals surface area contributed by atoms with Crippen LogP contribution in [0.15, 0.2) is 66.1 Å². The van der Waals surface area contributed by atoms with Gasteiger partial charge in [-0.25, -0.2) is 8.42 Å². The highest BCUT2D eigenvalue weighted by molar-refractivity contribution is 7.90. The second-order valence-corrected chi connectivity index (χ2v) is 11.4. The zero-order chi connectivity index (χ0) is 26.0. The number of carbonyl (C=O) groups excluding carboxylic acids is 2. The second-order valence-electron chi connectivity index (χ2n) is 8.53. The van der Waals surface area contributed by atoms with E-state index < -0.39 is 9.84 Å². The lowest BCUT2D eigenvalue weighted by atomic mass is 9.97. The highest BCUT2D eigenvalue weighted by atomic mass is 35.5. The van der Waals surface area contributed by atoms with Crippen molar-refractivity contribution in [2.45, 2.75) is 4.90 Å². The highest BCUT2D eigenvalue weighted by Crippen LogP contribution is 2.32. The topological polar surface area (TPSA) is 74.8 Å². The van der Waals surface area contributed by atoms with Crippen LogP contribution >= 0.6 is 23.2 Å². The molecule has 0 unspecified atom stereocenters. The molecule has 1 fully saturated rings. The molecule has 4 rings (SSSR count). The molecule has 9 heteroatoms. The maximum absolute atomic E-state index is 13.6. The normalized spacial score (nSPS) is 14.0. The van der Waals surface area contributed by atoms with Crippen LogP contribution < -0.4 is 4.90 Å². The summed E-state index contributed by atoms with van der Waals surface area (Å²) in [6.07, 6.45) is 3.48. The Morgan fingerprint density at radius 3 is 2.08 bits per heavy atom. The van der Waals surface area contributed by atoms with Crippen LogP contribution in [0, 0.1) is 0 Å². The number of hydrogen-bond donors (Lipinski definition) is 0. The first kappa shape index (κ1) is 25.9. The van der Waals surface area contributed by atoms with Crippen LogP contribution in [0.5, 0.6) is 0 Å². The molecule has 0 spiro atoms. The van der Waals surface area contributed by atoms with Crippen LogP contribution in [-0.2, 0) is 9.84 Å². The van der Waals surface area contributed by atoms with Crippen LogP contribution in [0.25, 0.3) is 17.2 Å². The Balaban J connectivity index is 1.62. The first-order valence-electron chi connectivity index (χ1n) is 11.2. The van der Waals surface area contributed by atoms with Crippen molar-refractivity contribution >= 4 is 57.0 Å². The molecule has 0 saturated carbocycles. The minimum absolute atomic E-state index is 0.0931. The van der Waals surface area contributed by atoms with Gasteiger partial charge in [0.25, 0.3) is 5.91 Å². The van der Waals surface area contributed by atoms with Crippen molar-refractivity contribution in [2.24, 2.45) is 0 Å². The maximum Gasteiger partial charge on any atom is 0.254 e. The van der Waals surface area contributed by atoms with Crippen molar-refractivity contribution < 1.29 is 18.0 Å². The van der Waals surface area contributed by atoms with Gasteiger partial charge in [0.2, 0.25) is 0 Å². The molecule has 3 aromatic rings. The molecule has 36 heavy (non-hydrogen) atoms. The first-order chi connectivity index (χ1) is 17.1. The summed E-state index contributed by atoms with van der Waals surface area (Å²) in [6.45, 7) is 5.64. The van der Waals surface area contributed by atoms with Gasteiger partial charge < -0.3 is 9.80 Å². The van der Waals surface area contributed by atoms with Gasteiger partial charge >= 0.3 is 0 Å². The van der Waals surface area contributed by atoms with Crippen molar-refractivity contribution in [2.75, 3.05) is 37.3 Å². The van der Waals surface area contributed by atoms with Crippen molar-refractivity contribution in [1.29, 1.82) is 0 Å². The fourth-order valence-corrected chi connectivity index (χ4v) is 5.40. The fourth-order valence-electron chi connectivity index (χ4n) is 4.19. The van der Waals surface area contributed by atoms with E-state index in [1.165, 1.54) is 12.1 Å². The van der Waals surface area contributed by atoms with Gasteiger partial charge in [0.05, 0.1) is 20.5 Å². The van der Waals surface area contributed by atoms with Gasteiger partial charge in [-0.3, -0.25) is 9.59 Å². The number of carbonyl (C=O) groups is 2. The van der Waals surface area contributed by atoms with Gasteiger partial charge in [0.15, 0.2) is 16.1 Å². The number of benzene rings is 3. The number of aldehydes is 1. The third kappa shape index (κ3) is 5.33. The van der Waals surface area contributed by atoms with Crippen LogP contribution in [-0.4, -0.2) is 57.9 Å². The zero-order valence-corrected chi connectivity index (χ0v) is 21.9. The van der Waals surface area contributed by atoms with Crippen LogP contribution in [0.1, 0.15) is 26.3 Å². The Kier molecular flexibility index (Phi) is 7.54. The minimum Gasteiger partial charge on any atom is -0.368 e. The Morgan fingerprint density at radius 1 is 0.944 bits per heavy atom. The van der Waals surface area contributed by atoms with Gasteiger partial charge in [-0.05, 0) is 41.0 Å². The molecule has 0 atom stereocenters. The van der Waals surface area contributed by atoms with Crippen molar-refractivity contribution in [3.05, 3.63) is 87.9 Å². The predicted molar refractivity (Wildman–Crippen MR) is 145 cm³/mol. The number of rotatable bonds is 6. The lowest BCUT2D eigenvalue weighted by Crippen LogP contribution is -2.49. The second kappa shape index (κ2) is 10.5. The molecular weight excluding hydrogens is 519 g/mol. The zero-order valence-electron chi connectivity index (χ0n) is 19.6. The summed E-state index contributed by atoms with van der Waals surface area (Å²) in [6, 6.07) is 15.6. The van der Waals surface area contributed by atoms with Gasteiger partial charge in [-0.1, -0.05) is 66.2 Å². The Morgan fingerprint density at radius 2 is 1.56 bits per heavy atom. The summed E-state index contributed by atoms with van der Waals surface area (Å²) in [5.41, 5.74) is 3.76. The van der Waals surface area contributed by atoms with Crippen LogP contribution in [0.2, 0.25) is 10.0 Å². The molecular formula is C27H24Cl2N2O4S. The molecule has 0 N–H and O–H groups in total. The molecule has 186 valence electrons. The number of anilines is 1. The third-order valence-corrected chi connectivity index (χ3v) is 7.96. The molecule has 3 aromatic carbocycles. The Hall–Kier alpha value is -3.13. The fraction of sp³-hybridized carbons (Fsp3) is 0.185. The summed E-state index contributed by atoms with van der Waals surface area (Å²) < 4.78 is 24.5. The van der Waals surface area contributed by atoms with E-state index in [1.54, 1.807) is 29.2 Å². The van der Waals surface area contributed by atoms with Gasteiger partial charge in [-0.2, -0.15) is 0 Å². The van der Waals surface area contributed by atoms with Crippen LogP contribution in [0.4, 0.5) is 5.69 Å². The van der Waals surface area contributed by atoms with E-state index >= 15 is 0 Å². The van der Waals surface area contributed by atoms with E-state index in [1.807, 2.05) is 29.2 Å². The quantitative estimate of drug-likeness (QED) is 0.385. The van der Waals surface area contributed by atoms with Crippen molar-refractivity contribution in [3.8, 4) is 11.1 Å². The van der Waals surface area contributed by atoms with E-state index in [4.69, 9.17) is 23.2 Å². The maximum atomic E-state index is 13.6. The van der Waals surface area contributed by atoms with E-state index in [0.717, 1.165) is 23.1 Å². The number of piperazine rings is 1. The van der Waals surface area contributed by atoms with Gasteiger partial charge in [0.1, 0.15) is 0 Å². The molecule has 0 aliphatic carbocycles. The number of amides is 1. The third-order valence-electron chi connectivity index (χ3n) is 6.22. The number of hydrogen-bond acceptors (Lipinski definition) is 5. The van der Waals surface area contributed by atoms with Crippen molar-refractivity contribution in [3.63, 3.8) is 0 Å². The summed E-state index contributed by atoms with van der Waals surface area (Å²) in [5.74, 6) is -0.240. The minimum atomic E-state index is -3.50. The molecule has 0 radical (unpaired) electrons. The summed E-state index contributed by atoms with van der Waals surface area (Å²) in [5, 5.41) is 0.548. The van der Waals surface area contributed by atoms with Gasteiger partial charge in [0, 0.05) is 43.7 Å². The molecule has 0 aromatic heterocycles. The van der Waals surface area contributed by atoms with Crippen molar-refractivity contribution in [1.82, 2.24) is 4.90 Å². The largest absolute Gasteiger partial charge is 0.368 e. The van der Waals surface area contributed by atoms with Gasteiger partial charge in [-0.15, -0.1) is 0 Å². The SMILES string of the molecule is C=Cc1ccc(-c2ccc(S(C)(=O)=O)cc2C(=O)N2CCN(c3cc(Cl)c(C=O)c(Cl)c3)CC2)cc1. The van der Waals surface area contributed by atoms with Crippen LogP contribution in [0.3, 0.4) is 0 Å². The summed E-state index contributed by atoms with van der Waals surface area (Å²) in [4.78, 5) is 28.7. The monoisotopic (exact) mass is 542 g/mol. The predicted octanol–water partition coefficient (Wildman–Crippen LogP) is 5.48. The summed E-state index contributed by atoms with van der Waals surface area (Å²) in [7, 11) is -3.50. The first-order valence-corrected chi connectivity index (χ1v) is 13.8. The molecule has 1 saturated heterocycles. The number of halogens is 2. The van der Waals surface area contributed by atoms with E-state index in [0.29, 0.717) is 43.6 Å². The molecule has 1 heterocycles. The smallest absolute Gasteiger partial charge is 0.254 e. The van der Waals surface area contributed by atoms with E-state index in [-0.39, 0.29) is 26.4 Å². The molecule has 1 aliphatic rings. The lowest BCUT2D eigenvalue weighted by molar-refractivity contribution is 0.0747.